The average molecular weight is 336 g/mol. The van der Waals surface area contributed by atoms with Gasteiger partial charge in [0.25, 0.3) is 5.91 Å². The molecular formula is C20H24N4O. The summed E-state index contributed by atoms with van der Waals surface area (Å²) >= 11 is 0. The summed E-state index contributed by atoms with van der Waals surface area (Å²) in [6.07, 6.45) is 4.86. The maximum absolute atomic E-state index is 12.4. The van der Waals surface area contributed by atoms with Gasteiger partial charge in [-0.3, -0.25) is 9.78 Å². The molecule has 0 radical (unpaired) electrons. The molecule has 1 amide bonds. The van der Waals surface area contributed by atoms with Gasteiger partial charge in [0, 0.05) is 36.1 Å². The first kappa shape index (κ1) is 16.1. The van der Waals surface area contributed by atoms with Crippen molar-refractivity contribution in [2.75, 3.05) is 18.4 Å². The first-order valence-corrected chi connectivity index (χ1v) is 9.06. The molecule has 1 unspecified atom stereocenters. The van der Waals surface area contributed by atoms with Crippen molar-refractivity contribution >= 4 is 11.6 Å². The third kappa shape index (κ3) is 3.51. The lowest BCUT2D eigenvalue weighted by Gasteiger charge is -2.23. The molecule has 25 heavy (non-hydrogen) atoms. The van der Waals surface area contributed by atoms with Crippen LogP contribution >= 0.6 is 0 Å². The first-order valence-electron chi connectivity index (χ1n) is 9.06. The monoisotopic (exact) mass is 336 g/mol. The molecule has 5 nitrogen and oxygen atoms in total. The van der Waals surface area contributed by atoms with E-state index in [0.717, 1.165) is 43.6 Å². The number of carbonyl (C=O) groups excluding carboxylic acids is 1. The maximum Gasteiger partial charge on any atom is 0.253 e. The number of nitrogens with one attached hydrogen (secondary N) is 3. The minimum atomic E-state index is -0.0419. The Kier molecular flexibility index (Phi) is 4.40. The van der Waals surface area contributed by atoms with Crippen LogP contribution in [0.4, 0.5) is 5.69 Å². The van der Waals surface area contributed by atoms with Gasteiger partial charge in [-0.1, -0.05) is 6.07 Å². The number of piperidine rings is 1. The van der Waals surface area contributed by atoms with E-state index in [-0.39, 0.29) is 11.9 Å². The highest BCUT2D eigenvalue weighted by Crippen LogP contribution is 2.30. The molecule has 4 rings (SSSR count). The highest BCUT2D eigenvalue weighted by molar-refractivity contribution is 5.94. The van der Waals surface area contributed by atoms with E-state index in [1.54, 1.807) is 6.20 Å². The fourth-order valence-corrected chi connectivity index (χ4v) is 3.65. The molecule has 3 heterocycles. The molecular weight excluding hydrogens is 312 g/mol. The van der Waals surface area contributed by atoms with Crippen LogP contribution in [0.1, 0.15) is 35.7 Å². The summed E-state index contributed by atoms with van der Waals surface area (Å²) in [5.41, 5.74) is 5.16. The number of amides is 1. The van der Waals surface area contributed by atoms with Crippen molar-refractivity contribution in [2.24, 2.45) is 0 Å². The summed E-state index contributed by atoms with van der Waals surface area (Å²) < 4.78 is 0. The van der Waals surface area contributed by atoms with Gasteiger partial charge in [-0.15, -0.1) is 0 Å². The molecule has 3 N–H and O–H groups in total. The third-order valence-electron chi connectivity index (χ3n) is 4.99. The quantitative estimate of drug-likeness (QED) is 0.806. The summed E-state index contributed by atoms with van der Waals surface area (Å²) in [6.45, 7) is 4.07. The van der Waals surface area contributed by atoms with E-state index in [1.807, 2.05) is 12.1 Å². The van der Waals surface area contributed by atoms with Crippen molar-refractivity contribution in [3.8, 4) is 11.3 Å². The number of nitrogens with zero attached hydrogens (tertiary/aromatic N) is 1. The van der Waals surface area contributed by atoms with Gasteiger partial charge < -0.3 is 16.0 Å². The second kappa shape index (κ2) is 6.84. The Morgan fingerprint density at radius 3 is 2.96 bits per heavy atom. The van der Waals surface area contributed by atoms with E-state index in [1.165, 1.54) is 11.3 Å². The van der Waals surface area contributed by atoms with Gasteiger partial charge in [0.1, 0.15) is 0 Å². The Bertz CT molecular complexity index is 766. The number of anilines is 1. The van der Waals surface area contributed by atoms with Crippen molar-refractivity contribution in [3.63, 3.8) is 0 Å². The smallest absolute Gasteiger partial charge is 0.253 e. The van der Waals surface area contributed by atoms with Gasteiger partial charge in [0.2, 0.25) is 0 Å². The molecule has 2 aliphatic rings. The van der Waals surface area contributed by atoms with Crippen molar-refractivity contribution < 1.29 is 4.79 Å². The third-order valence-corrected chi connectivity index (χ3v) is 4.99. The van der Waals surface area contributed by atoms with Crippen LogP contribution in [-0.2, 0) is 6.42 Å². The zero-order valence-corrected chi connectivity index (χ0v) is 14.5. The van der Waals surface area contributed by atoms with E-state index in [2.05, 4.69) is 46.1 Å². The molecule has 0 saturated carbocycles. The van der Waals surface area contributed by atoms with Gasteiger partial charge in [-0.25, -0.2) is 0 Å². The Labute approximate surface area is 148 Å². The van der Waals surface area contributed by atoms with Gasteiger partial charge in [0.05, 0.1) is 11.3 Å². The number of fused-ring (bicyclic) bond motifs is 1. The van der Waals surface area contributed by atoms with Crippen LogP contribution in [0.25, 0.3) is 11.3 Å². The molecule has 130 valence electrons. The molecule has 1 aromatic carbocycles. The number of pyridine rings is 1. The second-order valence-corrected chi connectivity index (χ2v) is 7.07. The Hall–Kier alpha value is -2.40. The minimum Gasteiger partial charge on any atom is -0.382 e. The Morgan fingerprint density at radius 2 is 2.20 bits per heavy atom. The Balaban J connectivity index is 1.46. The van der Waals surface area contributed by atoms with E-state index in [0.29, 0.717) is 11.6 Å². The minimum absolute atomic E-state index is 0.0419. The van der Waals surface area contributed by atoms with Gasteiger partial charge in [-0.05, 0) is 62.6 Å². The second-order valence-electron chi connectivity index (χ2n) is 7.07. The van der Waals surface area contributed by atoms with Crippen LogP contribution in [0.15, 0.2) is 36.5 Å². The van der Waals surface area contributed by atoms with Crippen LogP contribution in [0.3, 0.4) is 0 Å². The van der Waals surface area contributed by atoms with E-state index >= 15 is 0 Å². The summed E-state index contributed by atoms with van der Waals surface area (Å²) in [7, 11) is 0. The molecule has 0 aliphatic carbocycles. The number of aromatic nitrogens is 1. The maximum atomic E-state index is 12.4. The van der Waals surface area contributed by atoms with Crippen LogP contribution < -0.4 is 16.0 Å². The number of hydrogen-bond acceptors (Lipinski definition) is 4. The van der Waals surface area contributed by atoms with Crippen molar-refractivity contribution in [3.05, 3.63) is 47.7 Å². The van der Waals surface area contributed by atoms with E-state index in [9.17, 15) is 4.79 Å². The lowest BCUT2D eigenvalue weighted by Crippen LogP contribution is -2.45. The van der Waals surface area contributed by atoms with Crippen LogP contribution in [-0.4, -0.2) is 36.1 Å². The number of carbonyl (C=O) groups is 1. The van der Waals surface area contributed by atoms with Gasteiger partial charge >= 0.3 is 0 Å². The SMILES string of the molecule is C[C@H]1Cc2cc(-c3ccc(C(=O)NC4CCCNC4)cn3)ccc2N1. The van der Waals surface area contributed by atoms with Crippen LogP contribution in [0.2, 0.25) is 0 Å². The predicted molar refractivity (Wildman–Crippen MR) is 99.8 cm³/mol. The Morgan fingerprint density at radius 1 is 1.28 bits per heavy atom. The van der Waals surface area contributed by atoms with Crippen LogP contribution in [0.5, 0.6) is 0 Å². The molecule has 5 heteroatoms. The number of rotatable bonds is 3. The predicted octanol–water partition coefficient (Wildman–Crippen LogP) is 2.59. The lowest BCUT2D eigenvalue weighted by atomic mass is 10.0. The standard InChI is InChI=1S/C20H24N4O/c1-13-9-16-10-14(4-7-19(16)23-13)18-6-5-15(11-22-18)20(25)24-17-3-2-8-21-12-17/h4-7,10-11,13,17,21,23H,2-3,8-9,12H2,1H3,(H,24,25)/t13-,17?/m0/s1. The topological polar surface area (TPSA) is 66.0 Å². The van der Waals surface area contributed by atoms with E-state index < -0.39 is 0 Å². The van der Waals surface area contributed by atoms with Crippen molar-refractivity contribution in [2.45, 2.75) is 38.3 Å². The lowest BCUT2D eigenvalue weighted by molar-refractivity contribution is 0.0930. The normalized spacial score (nSPS) is 22.1. The molecule has 1 fully saturated rings. The zero-order chi connectivity index (χ0) is 17.2. The summed E-state index contributed by atoms with van der Waals surface area (Å²) in [6, 6.07) is 10.9. The molecule has 1 aromatic heterocycles. The van der Waals surface area contributed by atoms with Crippen molar-refractivity contribution in [1.29, 1.82) is 0 Å². The van der Waals surface area contributed by atoms with Gasteiger partial charge in [0.15, 0.2) is 0 Å². The zero-order valence-electron chi connectivity index (χ0n) is 14.5. The largest absolute Gasteiger partial charge is 0.382 e. The molecule has 1 saturated heterocycles. The summed E-state index contributed by atoms with van der Waals surface area (Å²) in [5.74, 6) is -0.0419. The first-order chi connectivity index (χ1) is 12.2. The number of benzene rings is 1. The average Bonchev–Trinajstić information content (AvgIpc) is 3.02. The highest BCUT2D eigenvalue weighted by Gasteiger charge is 2.18. The fourth-order valence-electron chi connectivity index (χ4n) is 3.65. The number of hydrogen-bond donors (Lipinski definition) is 3. The summed E-state index contributed by atoms with van der Waals surface area (Å²) in [5, 5.41) is 9.85. The highest BCUT2D eigenvalue weighted by atomic mass is 16.1. The summed E-state index contributed by atoms with van der Waals surface area (Å²) in [4.78, 5) is 16.9. The van der Waals surface area contributed by atoms with E-state index in [4.69, 9.17) is 0 Å². The van der Waals surface area contributed by atoms with Crippen molar-refractivity contribution in [1.82, 2.24) is 15.6 Å². The molecule has 0 bridgehead atoms. The molecule has 0 spiro atoms. The van der Waals surface area contributed by atoms with Crippen LogP contribution in [0, 0.1) is 0 Å². The molecule has 2 aliphatic heterocycles. The molecule has 2 aromatic rings. The fraction of sp³-hybridized carbons (Fsp3) is 0.400. The molecule has 2 atom stereocenters. The van der Waals surface area contributed by atoms with Gasteiger partial charge in [-0.2, -0.15) is 0 Å².